The summed E-state index contributed by atoms with van der Waals surface area (Å²) >= 11 is 0. The Morgan fingerprint density at radius 2 is 1.93 bits per heavy atom. The second kappa shape index (κ2) is 9.12. The van der Waals surface area contributed by atoms with E-state index in [0.717, 1.165) is 5.56 Å². The van der Waals surface area contributed by atoms with Crippen molar-refractivity contribution < 1.29 is 28.5 Å². The number of carbonyl (C=O) groups is 2. The molecule has 0 bridgehead atoms. The lowest BCUT2D eigenvalue weighted by atomic mass is 10.1. The highest BCUT2D eigenvalue weighted by Gasteiger charge is 2.17. The van der Waals surface area contributed by atoms with Crippen LogP contribution in [-0.4, -0.2) is 50.6 Å². The summed E-state index contributed by atoms with van der Waals surface area (Å²) in [5.74, 6) is 2.13. The van der Waals surface area contributed by atoms with Gasteiger partial charge >= 0.3 is 0 Å². The molecule has 2 aromatic carbocycles. The molecule has 0 fully saturated rings. The number of methoxy groups -OCH3 is 1. The van der Waals surface area contributed by atoms with Crippen molar-refractivity contribution in [2.45, 2.75) is 13.5 Å². The van der Waals surface area contributed by atoms with Crippen LogP contribution in [0.15, 0.2) is 36.4 Å². The Morgan fingerprint density at radius 1 is 1.14 bits per heavy atom. The number of fused-ring (bicyclic) bond motifs is 1. The van der Waals surface area contributed by atoms with E-state index in [2.05, 4.69) is 0 Å². The van der Waals surface area contributed by atoms with Gasteiger partial charge in [-0.25, -0.2) is 0 Å². The zero-order chi connectivity index (χ0) is 19.9. The number of carbonyl (C=O) groups excluding carboxylic acids is 2. The van der Waals surface area contributed by atoms with Crippen LogP contribution in [-0.2, 0) is 11.3 Å². The summed E-state index contributed by atoms with van der Waals surface area (Å²) in [5, 5.41) is 0. The van der Waals surface area contributed by atoms with Gasteiger partial charge in [0.1, 0.15) is 24.7 Å². The van der Waals surface area contributed by atoms with E-state index >= 15 is 0 Å². The number of rotatable bonds is 8. The van der Waals surface area contributed by atoms with E-state index < -0.39 is 0 Å². The molecule has 148 valence electrons. The van der Waals surface area contributed by atoms with Gasteiger partial charge in [0.15, 0.2) is 24.4 Å². The molecule has 0 aromatic heterocycles. The topological polar surface area (TPSA) is 74.3 Å². The van der Waals surface area contributed by atoms with Gasteiger partial charge in [0.2, 0.25) is 0 Å². The van der Waals surface area contributed by atoms with Crippen molar-refractivity contribution in [3.8, 4) is 23.0 Å². The summed E-state index contributed by atoms with van der Waals surface area (Å²) < 4.78 is 21.8. The minimum absolute atomic E-state index is 0.161. The van der Waals surface area contributed by atoms with Gasteiger partial charge in [-0.2, -0.15) is 0 Å². The van der Waals surface area contributed by atoms with E-state index in [9.17, 15) is 9.59 Å². The lowest BCUT2D eigenvalue weighted by Gasteiger charge is -2.23. The quantitative estimate of drug-likeness (QED) is 0.651. The smallest absolute Gasteiger partial charge is 0.260 e. The molecule has 1 aliphatic heterocycles. The zero-order valence-corrected chi connectivity index (χ0v) is 16.0. The molecule has 0 aliphatic carbocycles. The maximum absolute atomic E-state index is 12.6. The Bertz CT molecular complexity index is 851. The van der Waals surface area contributed by atoms with Gasteiger partial charge in [-0.15, -0.1) is 0 Å². The lowest BCUT2D eigenvalue weighted by Crippen LogP contribution is -2.34. The van der Waals surface area contributed by atoms with Crippen LogP contribution in [0.25, 0.3) is 0 Å². The van der Waals surface area contributed by atoms with Crippen molar-refractivity contribution in [2.24, 2.45) is 0 Å². The van der Waals surface area contributed by atoms with Crippen molar-refractivity contribution in [1.82, 2.24) is 4.90 Å². The molecule has 0 N–H and O–H groups in total. The number of hydrogen-bond acceptors (Lipinski definition) is 6. The average Bonchev–Trinajstić information content (AvgIpc) is 2.75. The van der Waals surface area contributed by atoms with Crippen LogP contribution in [0.2, 0.25) is 0 Å². The number of hydrogen-bond donors (Lipinski definition) is 0. The first-order valence-electron chi connectivity index (χ1n) is 9.07. The van der Waals surface area contributed by atoms with Crippen LogP contribution in [0.1, 0.15) is 22.8 Å². The summed E-state index contributed by atoms with van der Waals surface area (Å²) in [6, 6.07) is 10.5. The Hall–Kier alpha value is -3.22. The zero-order valence-electron chi connectivity index (χ0n) is 16.0. The fourth-order valence-corrected chi connectivity index (χ4v) is 2.89. The number of ether oxygens (including phenoxy) is 4. The first kappa shape index (κ1) is 19.5. The highest BCUT2D eigenvalue weighted by Crippen LogP contribution is 2.31. The van der Waals surface area contributed by atoms with Crippen LogP contribution >= 0.6 is 0 Å². The number of likely N-dealkylation sites (N-methyl/N-ethyl adjacent to an activating group) is 1. The summed E-state index contributed by atoms with van der Waals surface area (Å²) in [6.07, 6.45) is 0.676. The summed E-state index contributed by atoms with van der Waals surface area (Å²) in [4.78, 5) is 25.5. The Balaban J connectivity index is 1.63. The van der Waals surface area contributed by atoms with Gasteiger partial charge in [0, 0.05) is 13.1 Å². The molecule has 7 nitrogen and oxygen atoms in total. The molecular formula is C21H23NO6. The van der Waals surface area contributed by atoms with Crippen LogP contribution in [0.3, 0.4) is 0 Å². The minimum atomic E-state index is -0.176. The predicted octanol–water partition coefficient (Wildman–Crippen LogP) is 2.71. The van der Waals surface area contributed by atoms with E-state index in [4.69, 9.17) is 18.9 Å². The van der Waals surface area contributed by atoms with E-state index in [1.54, 1.807) is 23.1 Å². The minimum Gasteiger partial charge on any atom is -0.497 e. The Labute approximate surface area is 163 Å². The lowest BCUT2D eigenvalue weighted by molar-refractivity contribution is -0.133. The molecule has 1 heterocycles. The fourth-order valence-electron chi connectivity index (χ4n) is 2.89. The third-order valence-electron chi connectivity index (χ3n) is 4.41. The molecule has 1 aliphatic rings. The van der Waals surface area contributed by atoms with Crippen molar-refractivity contribution >= 4 is 12.2 Å². The molecule has 0 radical (unpaired) electrons. The number of benzene rings is 2. The third kappa shape index (κ3) is 4.54. The van der Waals surface area contributed by atoms with E-state index in [-0.39, 0.29) is 12.5 Å². The molecule has 2 aromatic rings. The molecule has 0 saturated heterocycles. The monoisotopic (exact) mass is 385 g/mol. The van der Waals surface area contributed by atoms with Gasteiger partial charge in [-0.1, -0.05) is 6.07 Å². The van der Waals surface area contributed by atoms with Gasteiger partial charge in [0.05, 0.1) is 12.7 Å². The maximum Gasteiger partial charge on any atom is 0.260 e. The molecule has 0 spiro atoms. The van der Waals surface area contributed by atoms with Gasteiger partial charge in [0.25, 0.3) is 5.91 Å². The molecule has 0 atom stereocenters. The number of nitrogens with zero attached hydrogens (tertiary/aromatic N) is 1. The number of amides is 1. The van der Waals surface area contributed by atoms with Crippen molar-refractivity contribution in [3.05, 3.63) is 47.5 Å². The molecule has 0 saturated carbocycles. The molecular weight excluding hydrogens is 362 g/mol. The van der Waals surface area contributed by atoms with Crippen molar-refractivity contribution in [3.63, 3.8) is 0 Å². The average molecular weight is 385 g/mol. The van der Waals surface area contributed by atoms with Crippen LogP contribution in [0.5, 0.6) is 23.0 Å². The summed E-state index contributed by atoms with van der Waals surface area (Å²) in [7, 11) is 1.52. The van der Waals surface area contributed by atoms with Crippen molar-refractivity contribution in [1.29, 1.82) is 0 Å². The summed E-state index contributed by atoms with van der Waals surface area (Å²) in [6.45, 7) is 3.75. The molecule has 28 heavy (non-hydrogen) atoms. The second-order valence-corrected chi connectivity index (χ2v) is 6.20. The van der Waals surface area contributed by atoms with Gasteiger partial charge in [-0.3, -0.25) is 9.59 Å². The molecule has 1 amide bonds. The van der Waals surface area contributed by atoms with Crippen LogP contribution in [0, 0.1) is 0 Å². The van der Waals surface area contributed by atoms with E-state index in [1.165, 1.54) is 7.11 Å². The highest BCUT2D eigenvalue weighted by molar-refractivity contribution is 5.81. The second-order valence-electron chi connectivity index (χ2n) is 6.20. The highest BCUT2D eigenvalue weighted by atomic mass is 16.6. The van der Waals surface area contributed by atoms with Gasteiger partial charge < -0.3 is 23.8 Å². The third-order valence-corrected chi connectivity index (χ3v) is 4.41. The maximum atomic E-state index is 12.6. The van der Waals surface area contributed by atoms with Gasteiger partial charge in [-0.05, 0) is 42.8 Å². The largest absolute Gasteiger partial charge is 0.497 e. The first-order chi connectivity index (χ1) is 13.6. The Kier molecular flexibility index (Phi) is 6.37. The molecule has 0 unspecified atom stereocenters. The SMILES string of the molecule is CCN(Cc1ccc2c(c1)OCCO2)C(=O)COc1ccc(OC)cc1C=O. The predicted molar refractivity (Wildman–Crippen MR) is 102 cm³/mol. The number of aldehydes is 1. The Morgan fingerprint density at radius 3 is 2.64 bits per heavy atom. The normalized spacial score (nSPS) is 12.2. The van der Waals surface area contributed by atoms with E-state index in [0.29, 0.717) is 61.2 Å². The standard InChI is InChI=1S/C21H23NO6/c1-3-22(12-15-4-6-19-20(10-15)27-9-8-26-19)21(24)14-28-18-7-5-17(25-2)11-16(18)13-23/h4-7,10-11,13H,3,8-9,12,14H2,1-2H3. The summed E-state index contributed by atoms with van der Waals surface area (Å²) in [5.41, 5.74) is 1.28. The van der Waals surface area contributed by atoms with Crippen LogP contribution in [0.4, 0.5) is 0 Å². The fraction of sp³-hybridized carbons (Fsp3) is 0.333. The molecule has 3 rings (SSSR count). The van der Waals surface area contributed by atoms with Crippen LogP contribution < -0.4 is 18.9 Å². The molecule has 7 heteroatoms. The van der Waals surface area contributed by atoms with Crippen molar-refractivity contribution in [2.75, 3.05) is 33.5 Å². The first-order valence-corrected chi connectivity index (χ1v) is 9.07. The van der Waals surface area contributed by atoms with E-state index in [1.807, 2.05) is 25.1 Å².